The van der Waals surface area contributed by atoms with E-state index in [9.17, 15) is 58.6 Å². The van der Waals surface area contributed by atoms with Crippen molar-refractivity contribution >= 4 is 17.6 Å². The number of hydrogen-bond acceptors (Lipinski definition) is 5. The Bertz CT molecular complexity index is 852. The van der Waals surface area contributed by atoms with Gasteiger partial charge in [0.05, 0.1) is 19.9 Å². The van der Waals surface area contributed by atoms with Crippen molar-refractivity contribution < 1.29 is 68.1 Å². The molecule has 0 aliphatic heterocycles. The maximum Gasteiger partial charge on any atom is 0.460 e. The van der Waals surface area contributed by atoms with Crippen molar-refractivity contribution in [1.29, 1.82) is 0 Å². The first-order valence-corrected chi connectivity index (χ1v) is 7.48. The Morgan fingerprint density at radius 2 is 1.42 bits per heavy atom. The summed E-state index contributed by atoms with van der Waals surface area (Å²) >= 11 is 0. The Balaban J connectivity index is 3.44. The molecule has 16 heteroatoms. The predicted molar refractivity (Wildman–Crippen MR) is 79.5 cm³/mol. The van der Waals surface area contributed by atoms with Gasteiger partial charge >= 0.3 is 36.1 Å². The van der Waals surface area contributed by atoms with Crippen molar-refractivity contribution in [3.05, 3.63) is 23.8 Å². The van der Waals surface area contributed by atoms with E-state index in [0.717, 1.165) is 5.32 Å². The van der Waals surface area contributed by atoms with E-state index in [0.29, 0.717) is 14.2 Å². The van der Waals surface area contributed by atoms with Crippen LogP contribution in [0.25, 0.3) is 0 Å². The highest BCUT2D eigenvalue weighted by molar-refractivity contribution is 5.98. The van der Waals surface area contributed by atoms with Crippen molar-refractivity contribution in [3.8, 4) is 5.75 Å². The summed E-state index contributed by atoms with van der Waals surface area (Å²) < 4.78 is 137. The average molecular weight is 475 g/mol. The summed E-state index contributed by atoms with van der Waals surface area (Å²) in [7, 11) is 1.18. The lowest BCUT2D eigenvalue weighted by molar-refractivity contribution is -0.343. The Morgan fingerprint density at radius 3 is 1.81 bits per heavy atom. The van der Waals surface area contributed by atoms with E-state index in [1.54, 1.807) is 0 Å². The minimum absolute atomic E-state index is 0.195. The molecule has 1 atom stereocenters. The zero-order chi connectivity index (χ0) is 24.6. The van der Waals surface area contributed by atoms with Gasteiger partial charge in [-0.2, -0.15) is 43.9 Å². The fourth-order valence-electron chi connectivity index (χ4n) is 2.09. The fourth-order valence-corrected chi connectivity index (χ4v) is 2.09. The molecule has 1 rings (SSSR count). The van der Waals surface area contributed by atoms with E-state index < -0.39 is 58.7 Å². The third-order valence-corrected chi connectivity index (χ3v) is 3.79. The number of anilines is 1. The number of rotatable bonds is 6. The second-order valence-corrected chi connectivity index (χ2v) is 5.72. The quantitative estimate of drug-likeness (QED) is 0.487. The van der Waals surface area contributed by atoms with Crippen molar-refractivity contribution in [2.24, 2.45) is 0 Å². The van der Waals surface area contributed by atoms with Crippen LogP contribution in [0, 0.1) is 0 Å². The molecule has 1 amide bonds. The molecule has 0 saturated carbocycles. The van der Waals surface area contributed by atoms with Crippen molar-refractivity contribution in [2.75, 3.05) is 19.5 Å². The Labute approximate surface area is 165 Å². The third-order valence-electron chi connectivity index (χ3n) is 3.79. The molecule has 2 N–H and O–H groups in total. The van der Waals surface area contributed by atoms with E-state index in [4.69, 9.17) is 0 Å². The fraction of sp³-hybridized carbons (Fsp3) is 0.467. The molecule has 1 aromatic carbocycles. The van der Waals surface area contributed by atoms with Crippen LogP contribution in [0.4, 0.5) is 49.6 Å². The Hall–Kier alpha value is -2.78. The minimum Gasteiger partial charge on any atom is -0.495 e. The number of hydrogen-bond donors (Lipinski definition) is 2. The number of amides is 1. The number of alkyl halides is 10. The molecular weight excluding hydrogens is 464 g/mol. The minimum atomic E-state index is -6.81. The molecule has 0 aliphatic carbocycles. The molecule has 0 spiro atoms. The Kier molecular flexibility index (Phi) is 6.82. The molecule has 6 nitrogen and oxygen atoms in total. The summed E-state index contributed by atoms with van der Waals surface area (Å²) in [6, 6.07) is 0.718. The third kappa shape index (κ3) is 4.33. The van der Waals surface area contributed by atoms with Gasteiger partial charge in [-0.25, -0.2) is 4.79 Å². The standard InChI is InChI=1S/C15H11F10NO5/c1-30-8-5-6(11(29,10(28)31-2)14(20,21)22)3-4-7(8)26-9(27)12(16,17)13(18,19)15(23,24)25/h3-5,29H,1-2H3,(H,26,27). The molecule has 176 valence electrons. The lowest BCUT2D eigenvalue weighted by Gasteiger charge is -2.29. The first kappa shape index (κ1) is 26.3. The lowest BCUT2D eigenvalue weighted by Crippen LogP contribution is -2.57. The highest BCUT2D eigenvalue weighted by Gasteiger charge is 2.76. The second-order valence-electron chi connectivity index (χ2n) is 5.72. The Morgan fingerprint density at radius 1 is 0.903 bits per heavy atom. The second kappa shape index (κ2) is 8.05. The van der Waals surface area contributed by atoms with Gasteiger partial charge in [0, 0.05) is 5.56 Å². The van der Waals surface area contributed by atoms with Gasteiger partial charge in [0.1, 0.15) is 5.75 Å². The molecule has 0 bridgehead atoms. The lowest BCUT2D eigenvalue weighted by atomic mass is 9.92. The van der Waals surface area contributed by atoms with Gasteiger partial charge in [-0.05, 0) is 12.1 Å². The largest absolute Gasteiger partial charge is 0.495 e. The van der Waals surface area contributed by atoms with Gasteiger partial charge in [-0.15, -0.1) is 0 Å². The van der Waals surface area contributed by atoms with Crippen LogP contribution in [0.5, 0.6) is 5.75 Å². The van der Waals surface area contributed by atoms with Gasteiger partial charge in [0.25, 0.3) is 5.60 Å². The van der Waals surface area contributed by atoms with Crippen molar-refractivity contribution in [3.63, 3.8) is 0 Å². The summed E-state index contributed by atoms with van der Waals surface area (Å²) in [5.41, 5.74) is -6.69. The van der Waals surface area contributed by atoms with Gasteiger partial charge in [-0.3, -0.25) is 4.79 Å². The number of halogens is 10. The zero-order valence-electron chi connectivity index (χ0n) is 15.1. The van der Waals surface area contributed by atoms with Crippen LogP contribution >= 0.6 is 0 Å². The van der Waals surface area contributed by atoms with E-state index in [-0.39, 0.29) is 18.2 Å². The number of methoxy groups -OCH3 is 2. The number of esters is 1. The van der Waals surface area contributed by atoms with Crippen molar-refractivity contribution in [1.82, 2.24) is 0 Å². The molecule has 0 aliphatic rings. The first-order chi connectivity index (χ1) is 13.8. The van der Waals surface area contributed by atoms with E-state index in [1.807, 2.05) is 0 Å². The molecule has 1 aromatic rings. The SMILES string of the molecule is COC(=O)C(O)(c1ccc(NC(=O)C(F)(F)C(F)(F)C(F)(F)F)c(OC)c1)C(F)(F)F. The summed E-state index contributed by atoms with van der Waals surface area (Å²) in [6.07, 6.45) is -12.5. The van der Waals surface area contributed by atoms with Crippen LogP contribution in [-0.4, -0.2) is 55.4 Å². The molecule has 0 radical (unpaired) electrons. The van der Waals surface area contributed by atoms with Gasteiger partial charge in [0.15, 0.2) is 0 Å². The number of aliphatic hydroxyl groups is 1. The summed E-state index contributed by atoms with van der Waals surface area (Å²) in [4.78, 5) is 22.9. The maximum atomic E-state index is 13.4. The van der Waals surface area contributed by atoms with Crippen LogP contribution in [0.15, 0.2) is 18.2 Å². The molecular formula is C15H11F10NO5. The van der Waals surface area contributed by atoms with Crippen LogP contribution in [0.2, 0.25) is 0 Å². The van der Waals surface area contributed by atoms with E-state index >= 15 is 0 Å². The van der Waals surface area contributed by atoms with Crippen LogP contribution in [0.3, 0.4) is 0 Å². The van der Waals surface area contributed by atoms with Crippen LogP contribution in [0.1, 0.15) is 5.56 Å². The molecule has 31 heavy (non-hydrogen) atoms. The van der Waals surface area contributed by atoms with E-state index in [1.165, 1.54) is 0 Å². The highest BCUT2D eigenvalue weighted by atomic mass is 19.4. The highest BCUT2D eigenvalue weighted by Crippen LogP contribution is 2.47. The summed E-state index contributed by atoms with van der Waals surface area (Å²) in [5.74, 6) is -19.5. The number of ether oxygens (including phenoxy) is 2. The number of nitrogens with one attached hydrogen (secondary N) is 1. The van der Waals surface area contributed by atoms with Gasteiger partial charge < -0.3 is 19.9 Å². The molecule has 1 unspecified atom stereocenters. The smallest absolute Gasteiger partial charge is 0.460 e. The molecule has 0 aromatic heterocycles. The topological polar surface area (TPSA) is 84.9 Å². The summed E-state index contributed by atoms with van der Waals surface area (Å²) in [5, 5.41) is 10.8. The number of carbonyl (C=O) groups excluding carboxylic acids is 2. The van der Waals surface area contributed by atoms with Crippen LogP contribution < -0.4 is 10.1 Å². The van der Waals surface area contributed by atoms with Crippen LogP contribution in [-0.2, 0) is 19.9 Å². The summed E-state index contributed by atoms with van der Waals surface area (Å²) in [6.45, 7) is 0. The molecule has 0 saturated heterocycles. The first-order valence-electron chi connectivity index (χ1n) is 7.48. The maximum absolute atomic E-state index is 13.4. The monoisotopic (exact) mass is 475 g/mol. The average Bonchev–Trinajstić information content (AvgIpc) is 2.64. The van der Waals surface area contributed by atoms with Crippen molar-refractivity contribution in [2.45, 2.75) is 29.8 Å². The predicted octanol–water partition coefficient (Wildman–Crippen LogP) is 3.39. The van der Waals surface area contributed by atoms with Gasteiger partial charge in [-0.1, -0.05) is 6.07 Å². The number of benzene rings is 1. The molecule has 0 fully saturated rings. The van der Waals surface area contributed by atoms with Gasteiger partial charge in [0.2, 0.25) is 0 Å². The normalized spacial score (nSPS) is 15.1. The number of carbonyl (C=O) groups is 2. The zero-order valence-corrected chi connectivity index (χ0v) is 15.1. The molecule has 0 heterocycles. The van der Waals surface area contributed by atoms with E-state index in [2.05, 4.69) is 9.47 Å².